The first-order valence-electron chi connectivity index (χ1n) is 11.3. The van der Waals surface area contributed by atoms with Gasteiger partial charge in [-0.3, -0.25) is 9.62 Å². The number of halogens is 6. The molecule has 1 aromatic heterocycles. The van der Waals surface area contributed by atoms with Gasteiger partial charge in [0.25, 0.3) is 10.0 Å². The number of benzene rings is 1. The van der Waals surface area contributed by atoms with Crippen LogP contribution in [0, 0.1) is 16.7 Å². The van der Waals surface area contributed by atoms with E-state index in [1.165, 1.54) is 31.4 Å². The molecule has 1 aliphatic carbocycles. The predicted molar refractivity (Wildman–Crippen MR) is 125 cm³/mol. The van der Waals surface area contributed by atoms with Crippen molar-refractivity contribution in [2.24, 2.45) is 11.1 Å². The molecule has 1 aliphatic heterocycles. The Morgan fingerprint density at radius 2 is 1.64 bits per heavy atom. The molecule has 2 aromatic rings. The largest absolute Gasteiger partial charge is 0.480 e. The maximum atomic E-state index is 14.3. The van der Waals surface area contributed by atoms with Gasteiger partial charge in [0.05, 0.1) is 17.6 Å². The van der Waals surface area contributed by atoms with Crippen LogP contribution in [-0.4, -0.2) is 38.1 Å². The van der Waals surface area contributed by atoms with Crippen LogP contribution in [0.15, 0.2) is 64.0 Å². The molecule has 0 bridgehead atoms. The van der Waals surface area contributed by atoms with Gasteiger partial charge in [-0.1, -0.05) is 0 Å². The number of methoxy groups -OCH3 is 1. The summed E-state index contributed by atoms with van der Waals surface area (Å²) < 4.78 is 118. The lowest BCUT2D eigenvalue weighted by atomic mass is 9.66. The number of hydrogen-bond donors (Lipinski definition) is 2. The molecule has 0 atom stereocenters. The first-order valence-corrected chi connectivity index (χ1v) is 12.7. The normalized spacial score (nSPS) is 17.9. The standard InChI is InChI=1S/C23H20F6N6O3S/c1-38-19-11-10-18(32-33-19)34-39(36,37)14-8-6-13(7-9-14)35-17-5-3-2-4-15(17)21(22(24,25)26,23(27,28)29)16(12-30)20(35)31/h6-11H,2-5,31H2,1H3,(H,32,34). The van der Waals surface area contributed by atoms with Gasteiger partial charge in [-0.05, 0) is 61.6 Å². The highest BCUT2D eigenvalue weighted by Crippen LogP contribution is 2.64. The van der Waals surface area contributed by atoms with E-state index in [1.807, 2.05) is 0 Å². The van der Waals surface area contributed by atoms with Crippen LogP contribution < -0.4 is 20.1 Å². The Hall–Kier alpha value is -4.00. The van der Waals surface area contributed by atoms with Gasteiger partial charge in [-0.2, -0.15) is 31.6 Å². The summed E-state index contributed by atoms with van der Waals surface area (Å²) in [6.07, 6.45) is -12.2. The van der Waals surface area contributed by atoms with Gasteiger partial charge in [-0.15, -0.1) is 10.2 Å². The van der Waals surface area contributed by atoms with Crippen molar-refractivity contribution in [3.05, 3.63) is 59.1 Å². The smallest absolute Gasteiger partial charge is 0.411 e. The van der Waals surface area contributed by atoms with E-state index in [2.05, 4.69) is 14.9 Å². The number of nitriles is 1. The second-order valence-corrected chi connectivity index (χ2v) is 10.3. The molecule has 4 rings (SSSR count). The van der Waals surface area contributed by atoms with Crippen LogP contribution >= 0.6 is 0 Å². The third-order valence-corrected chi connectivity index (χ3v) is 7.86. The first kappa shape index (κ1) is 28.0. The van der Waals surface area contributed by atoms with Gasteiger partial charge < -0.3 is 10.5 Å². The highest BCUT2D eigenvalue weighted by molar-refractivity contribution is 7.92. The summed E-state index contributed by atoms with van der Waals surface area (Å²) in [6, 6.07) is 8.25. The monoisotopic (exact) mass is 574 g/mol. The molecular formula is C23H20F6N6O3S. The zero-order chi connectivity index (χ0) is 28.8. The number of ether oxygens (including phenoxy) is 1. The van der Waals surface area contributed by atoms with Crippen molar-refractivity contribution in [2.75, 3.05) is 16.7 Å². The summed E-state index contributed by atoms with van der Waals surface area (Å²) in [4.78, 5) is 0.670. The fourth-order valence-corrected chi connectivity index (χ4v) is 5.81. The molecule has 2 aliphatic rings. The number of rotatable bonds is 5. The molecule has 2 heterocycles. The Labute approximate surface area is 218 Å². The van der Waals surface area contributed by atoms with Crippen molar-refractivity contribution >= 4 is 21.5 Å². The lowest BCUT2D eigenvalue weighted by Gasteiger charge is -2.47. The summed E-state index contributed by atoms with van der Waals surface area (Å²) in [6.45, 7) is 0. The van der Waals surface area contributed by atoms with E-state index in [0.29, 0.717) is 0 Å². The van der Waals surface area contributed by atoms with Crippen LogP contribution in [0.5, 0.6) is 5.88 Å². The average molecular weight is 575 g/mol. The van der Waals surface area contributed by atoms with Crippen LogP contribution in [0.2, 0.25) is 0 Å². The van der Waals surface area contributed by atoms with Crippen LogP contribution in [-0.2, 0) is 10.0 Å². The Balaban J connectivity index is 1.79. The van der Waals surface area contributed by atoms with Crippen molar-refractivity contribution in [1.82, 2.24) is 10.2 Å². The maximum Gasteiger partial charge on any atom is 0.411 e. The number of nitrogens with zero attached hydrogens (tertiary/aromatic N) is 4. The number of nitrogens with one attached hydrogen (secondary N) is 1. The fourth-order valence-electron chi connectivity index (χ4n) is 4.82. The number of anilines is 2. The van der Waals surface area contributed by atoms with Gasteiger partial charge in [0.1, 0.15) is 11.9 Å². The lowest BCUT2D eigenvalue weighted by molar-refractivity contribution is -0.311. The molecule has 0 unspecified atom stereocenters. The maximum absolute atomic E-state index is 14.3. The van der Waals surface area contributed by atoms with Crippen molar-refractivity contribution in [3.8, 4) is 11.9 Å². The Bertz CT molecular complexity index is 1460. The molecule has 208 valence electrons. The molecule has 0 saturated carbocycles. The molecule has 0 fully saturated rings. The number of aromatic nitrogens is 2. The summed E-state index contributed by atoms with van der Waals surface area (Å²) in [5, 5.41) is 16.9. The second kappa shape index (κ2) is 9.63. The Kier molecular flexibility index (Phi) is 6.92. The SMILES string of the molecule is COc1ccc(NS(=O)(=O)c2ccc(N3C(N)=C(C#N)C(C(F)(F)F)(C(F)(F)F)C4=C3CCCC4)cc2)nn1. The number of sulfonamides is 1. The molecule has 9 nitrogen and oxygen atoms in total. The zero-order valence-electron chi connectivity index (χ0n) is 20.1. The van der Waals surface area contributed by atoms with E-state index in [4.69, 9.17) is 10.5 Å². The Morgan fingerprint density at radius 1 is 1.03 bits per heavy atom. The average Bonchev–Trinajstić information content (AvgIpc) is 2.87. The summed E-state index contributed by atoms with van der Waals surface area (Å²) in [7, 11) is -2.86. The molecule has 0 saturated heterocycles. The molecule has 0 radical (unpaired) electrons. The van der Waals surface area contributed by atoms with E-state index >= 15 is 0 Å². The van der Waals surface area contributed by atoms with Crippen molar-refractivity contribution in [3.63, 3.8) is 0 Å². The van der Waals surface area contributed by atoms with Crippen LogP contribution in [0.1, 0.15) is 25.7 Å². The third kappa shape index (κ3) is 4.50. The molecule has 1 aromatic carbocycles. The first-order chi connectivity index (χ1) is 18.2. The van der Waals surface area contributed by atoms with Gasteiger partial charge in [0.15, 0.2) is 5.82 Å². The lowest BCUT2D eigenvalue weighted by Crippen LogP contribution is -2.57. The Morgan fingerprint density at radius 3 is 2.15 bits per heavy atom. The summed E-state index contributed by atoms with van der Waals surface area (Å²) in [5.74, 6) is -1.02. The highest BCUT2D eigenvalue weighted by atomic mass is 32.2. The minimum Gasteiger partial charge on any atom is -0.480 e. The minimum absolute atomic E-state index is 0.0178. The third-order valence-electron chi connectivity index (χ3n) is 6.49. The molecule has 16 heteroatoms. The van der Waals surface area contributed by atoms with Crippen molar-refractivity contribution in [1.29, 1.82) is 5.26 Å². The second-order valence-electron chi connectivity index (χ2n) is 8.65. The van der Waals surface area contributed by atoms with E-state index in [9.17, 15) is 40.0 Å². The molecule has 0 spiro atoms. The summed E-state index contributed by atoms with van der Waals surface area (Å²) in [5.41, 5.74) is -1.67. The van der Waals surface area contributed by atoms with Crippen molar-refractivity contribution in [2.45, 2.75) is 42.9 Å². The molecule has 0 amide bonds. The quantitative estimate of drug-likeness (QED) is 0.490. The van der Waals surface area contributed by atoms with E-state index in [0.717, 1.165) is 23.1 Å². The fraction of sp³-hybridized carbons (Fsp3) is 0.348. The van der Waals surface area contributed by atoms with Crippen LogP contribution in [0.3, 0.4) is 0 Å². The van der Waals surface area contributed by atoms with Gasteiger partial charge >= 0.3 is 12.4 Å². The number of hydrogen-bond acceptors (Lipinski definition) is 8. The van der Waals surface area contributed by atoms with Crippen molar-refractivity contribution < 1.29 is 39.5 Å². The van der Waals surface area contributed by atoms with E-state index in [1.54, 1.807) is 0 Å². The van der Waals surface area contributed by atoms with Crippen LogP contribution in [0.4, 0.5) is 37.8 Å². The minimum atomic E-state index is -5.89. The number of nitrogens with two attached hydrogens (primary N) is 1. The summed E-state index contributed by atoms with van der Waals surface area (Å²) >= 11 is 0. The van der Waals surface area contributed by atoms with E-state index in [-0.39, 0.29) is 47.2 Å². The molecule has 39 heavy (non-hydrogen) atoms. The topological polar surface area (TPSA) is 134 Å². The number of alkyl halides is 6. The molecular weight excluding hydrogens is 554 g/mol. The number of allylic oxidation sites excluding steroid dienone is 3. The van der Waals surface area contributed by atoms with Gasteiger partial charge in [0, 0.05) is 17.5 Å². The predicted octanol–water partition coefficient (Wildman–Crippen LogP) is 4.74. The highest BCUT2D eigenvalue weighted by Gasteiger charge is 2.77. The van der Waals surface area contributed by atoms with Crippen LogP contribution in [0.25, 0.3) is 0 Å². The van der Waals surface area contributed by atoms with Gasteiger partial charge in [-0.25, -0.2) is 8.42 Å². The van der Waals surface area contributed by atoms with E-state index < -0.39 is 51.2 Å². The van der Waals surface area contributed by atoms with Gasteiger partial charge in [0.2, 0.25) is 11.3 Å². The zero-order valence-corrected chi connectivity index (χ0v) is 20.9. The molecule has 3 N–H and O–H groups in total.